The van der Waals surface area contributed by atoms with Crippen molar-refractivity contribution < 1.29 is 28.7 Å². The third kappa shape index (κ3) is 4.81. The van der Waals surface area contributed by atoms with Crippen LogP contribution in [0.25, 0.3) is 0 Å². The summed E-state index contributed by atoms with van der Waals surface area (Å²) < 4.78 is 10.8. The number of ether oxygens (including phenoxy) is 2. The molecule has 0 unspecified atom stereocenters. The highest BCUT2D eigenvalue weighted by molar-refractivity contribution is 6.10. The maximum Gasteiger partial charge on any atom is 0.325 e. The van der Waals surface area contributed by atoms with Crippen LogP contribution in [0.4, 0.5) is 15.3 Å². The van der Waals surface area contributed by atoms with Gasteiger partial charge in [0.1, 0.15) is 25.3 Å². The third-order valence-electron chi connectivity index (χ3n) is 4.92. The number of amides is 6. The van der Waals surface area contributed by atoms with Gasteiger partial charge in [-0.2, -0.15) is 0 Å². The molecule has 6 amide bonds. The quantitative estimate of drug-likeness (QED) is 0.606. The van der Waals surface area contributed by atoms with Crippen molar-refractivity contribution in [2.75, 3.05) is 25.1 Å². The van der Waals surface area contributed by atoms with Gasteiger partial charge in [0, 0.05) is 11.8 Å². The smallest absolute Gasteiger partial charge is 0.325 e. The van der Waals surface area contributed by atoms with E-state index in [4.69, 9.17) is 9.47 Å². The van der Waals surface area contributed by atoms with Gasteiger partial charge in [0.05, 0.1) is 0 Å². The monoisotopic (exact) mass is 418 g/mol. The number of hydrogen-bond acceptors (Lipinski definition) is 6. The molecule has 2 aliphatic rings. The van der Waals surface area contributed by atoms with Crippen LogP contribution in [0.3, 0.4) is 0 Å². The summed E-state index contributed by atoms with van der Waals surface area (Å²) in [5.41, 5.74) is -0.643. The minimum Gasteiger partial charge on any atom is -0.486 e. The fourth-order valence-electron chi connectivity index (χ4n) is 3.23. The SMILES string of the molecule is CC(C)CC[C@]1(C)NC(=O)N(CC(=O)NC(=O)Nc2ccc3c(c2)OCCO3)C1=O. The molecule has 10 heteroatoms. The highest BCUT2D eigenvalue weighted by Crippen LogP contribution is 2.32. The van der Waals surface area contributed by atoms with E-state index in [0.29, 0.717) is 42.7 Å². The lowest BCUT2D eigenvalue weighted by Crippen LogP contribution is -2.46. The zero-order valence-corrected chi connectivity index (χ0v) is 17.2. The van der Waals surface area contributed by atoms with E-state index < -0.39 is 36.0 Å². The van der Waals surface area contributed by atoms with Crippen LogP contribution in [0.5, 0.6) is 11.5 Å². The van der Waals surface area contributed by atoms with Crippen LogP contribution in [0.1, 0.15) is 33.6 Å². The predicted octanol–water partition coefficient (Wildman–Crippen LogP) is 1.85. The van der Waals surface area contributed by atoms with Gasteiger partial charge in [0.2, 0.25) is 5.91 Å². The van der Waals surface area contributed by atoms with Crippen molar-refractivity contribution in [1.29, 1.82) is 0 Å². The molecule has 2 heterocycles. The van der Waals surface area contributed by atoms with E-state index >= 15 is 0 Å². The first-order valence-corrected chi connectivity index (χ1v) is 9.82. The predicted molar refractivity (Wildman–Crippen MR) is 107 cm³/mol. The Morgan fingerprint density at radius 2 is 1.90 bits per heavy atom. The molecule has 0 aromatic heterocycles. The van der Waals surface area contributed by atoms with Crippen molar-refractivity contribution in [3.8, 4) is 11.5 Å². The summed E-state index contributed by atoms with van der Waals surface area (Å²) in [7, 11) is 0. The molecule has 3 rings (SSSR count). The van der Waals surface area contributed by atoms with Gasteiger partial charge in [0.25, 0.3) is 5.91 Å². The zero-order valence-electron chi connectivity index (χ0n) is 17.2. The van der Waals surface area contributed by atoms with E-state index in [1.165, 1.54) is 0 Å². The number of carbonyl (C=O) groups is 4. The second-order valence-corrected chi connectivity index (χ2v) is 7.95. The molecule has 30 heavy (non-hydrogen) atoms. The van der Waals surface area contributed by atoms with Gasteiger partial charge in [-0.25, -0.2) is 9.59 Å². The fraction of sp³-hybridized carbons (Fsp3) is 0.500. The molecule has 162 valence electrons. The Hall–Kier alpha value is -3.30. The first kappa shape index (κ1) is 21.4. The molecule has 1 aromatic carbocycles. The molecule has 0 spiro atoms. The first-order chi connectivity index (χ1) is 14.2. The third-order valence-corrected chi connectivity index (χ3v) is 4.92. The van der Waals surface area contributed by atoms with Crippen LogP contribution in [-0.4, -0.2) is 54.1 Å². The summed E-state index contributed by atoms with van der Waals surface area (Å²) >= 11 is 0. The molecule has 2 aliphatic heterocycles. The van der Waals surface area contributed by atoms with E-state index in [1.807, 2.05) is 13.8 Å². The van der Waals surface area contributed by atoms with Crippen molar-refractivity contribution in [1.82, 2.24) is 15.5 Å². The summed E-state index contributed by atoms with van der Waals surface area (Å²) in [6.07, 6.45) is 1.22. The second kappa shape index (κ2) is 8.60. The number of imide groups is 2. The molecule has 3 N–H and O–H groups in total. The largest absolute Gasteiger partial charge is 0.486 e. The zero-order chi connectivity index (χ0) is 21.9. The van der Waals surface area contributed by atoms with Crippen molar-refractivity contribution >= 4 is 29.6 Å². The van der Waals surface area contributed by atoms with Gasteiger partial charge in [-0.15, -0.1) is 0 Å². The van der Waals surface area contributed by atoms with E-state index in [9.17, 15) is 19.2 Å². The van der Waals surface area contributed by atoms with Crippen molar-refractivity contribution in [2.24, 2.45) is 5.92 Å². The number of anilines is 1. The van der Waals surface area contributed by atoms with Crippen LogP contribution < -0.4 is 25.4 Å². The summed E-state index contributed by atoms with van der Waals surface area (Å²) in [6.45, 7) is 6.00. The molecule has 0 bridgehead atoms. The van der Waals surface area contributed by atoms with E-state index in [0.717, 1.165) is 11.3 Å². The lowest BCUT2D eigenvalue weighted by molar-refractivity contribution is -0.134. The Labute approximate surface area is 174 Å². The number of carbonyl (C=O) groups excluding carboxylic acids is 4. The number of nitrogens with one attached hydrogen (secondary N) is 3. The minimum atomic E-state index is -1.05. The molecule has 0 saturated carbocycles. The Morgan fingerprint density at radius 1 is 1.20 bits per heavy atom. The van der Waals surface area contributed by atoms with Crippen LogP contribution in [0.2, 0.25) is 0 Å². The lowest BCUT2D eigenvalue weighted by Gasteiger charge is -2.22. The average molecular weight is 418 g/mol. The van der Waals surface area contributed by atoms with E-state index in [-0.39, 0.29) is 0 Å². The van der Waals surface area contributed by atoms with Crippen LogP contribution >= 0.6 is 0 Å². The summed E-state index contributed by atoms with van der Waals surface area (Å²) in [6, 6.07) is 3.41. The molecule has 0 radical (unpaired) electrons. The van der Waals surface area contributed by atoms with Crippen molar-refractivity contribution in [3.63, 3.8) is 0 Å². The molecule has 10 nitrogen and oxygen atoms in total. The summed E-state index contributed by atoms with van der Waals surface area (Å²) in [4.78, 5) is 50.0. The van der Waals surface area contributed by atoms with Crippen LogP contribution in [-0.2, 0) is 9.59 Å². The maximum absolute atomic E-state index is 12.6. The number of nitrogens with zero attached hydrogens (tertiary/aromatic N) is 1. The Kier molecular flexibility index (Phi) is 6.14. The van der Waals surface area contributed by atoms with Crippen molar-refractivity contribution in [2.45, 2.75) is 39.2 Å². The maximum atomic E-state index is 12.6. The molecular weight excluding hydrogens is 392 g/mol. The number of urea groups is 2. The standard InChI is InChI=1S/C20H26N4O6/c1-12(2)6-7-20(3)17(26)24(19(28)23-20)11-16(25)22-18(27)21-13-4-5-14-15(10-13)30-9-8-29-14/h4-5,10,12H,6-9,11H2,1-3H3,(H,23,28)(H2,21,22,25,27)/t20-/m0/s1. The van der Waals surface area contributed by atoms with Gasteiger partial charge in [0.15, 0.2) is 11.5 Å². The molecule has 1 saturated heterocycles. The first-order valence-electron chi connectivity index (χ1n) is 9.82. The number of rotatable bonds is 6. The molecule has 1 aromatic rings. The minimum absolute atomic E-state index is 0.369. The molecule has 1 atom stereocenters. The lowest BCUT2D eigenvalue weighted by atomic mass is 9.92. The molecule has 0 aliphatic carbocycles. The second-order valence-electron chi connectivity index (χ2n) is 7.95. The molecular formula is C20H26N4O6. The Bertz CT molecular complexity index is 871. The van der Waals surface area contributed by atoms with Crippen LogP contribution in [0.15, 0.2) is 18.2 Å². The van der Waals surface area contributed by atoms with Gasteiger partial charge in [-0.1, -0.05) is 13.8 Å². The van der Waals surface area contributed by atoms with E-state index in [1.54, 1.807) is 25.1 Å². The van der Waals surface area contributed by atoms with E-state index in [2.05, 4.69) is 16.0 Å². The topological polar surface area (TPSA) is 126 Å². The van der Waals surface area contributed by atoms with Gasteiger partial charge in [-0.05, 0) is 37.8 Å². The highest BCUT2D eigenvalue weighted by Gasteiger charge is 2.47. The normalized spacial score (nSPS) is 20.2. The number of benzene rings is 1. The van der Waals surface area contributed by atoms with Crippen LogP contribution in [0, 0.1) is 5.92 Å². The Morgan fingerprint density at radius 3 is 2.60 bits per heavy atom. The van der Waals surface area contributed by atoms with Crippen molar-refractivity contribution in [3.05, 3.63) is 18.2 Å². The highest BCUT2D eigenvalue weighted by atomic mass is 16.6. The number of hydrogen-bond donors (Lipinski definition) is 3. The fourth-order valence-corrected chi connectivity index (χ4v) is 3.23. The van der Waals surface area contributed by atoms with Gasteiger partial charge < -0.3 is 20.1 Å². The average Bonchev–Trinajstić information content (AvgIpc) is 2.89. The summed E-state index contributed by atoms with van der Waals surface area (Å²) in [5, 5.41) is 7.27. The van der Waals surface area contributed by atoms with Gasteiger partial charge >= 0.3 is 12.1 Å². The number of fused-ring (bicyclic) bond motifs is 1. The molecule has 1 fully saturated rings. The summed E-state index contributed by atoms with van der Waals surface area (Å²) in [5.74, 6) is 0.179. The Balaban J connectivity index is 1.54. The van der Waals surface area contributed by atoms with Gasteiger partial charge in [-0.3, -0.25) is 19.8 Å².